The molecule has 0 aliphatic heterocycles. The van der Waals surface area contributed by atoms with Gasteiger partial charge < -0.3 is 38.1 Å². The molecule has 0 saturated heterocycles. The number of esters is 1. The predicted octanol–water partition coefficient (Wildman–Crippen LogP) is 10.4. The number of ether oxygens (including phenoxy) is 2. The molecule has 55 heavy (non-hydrogen) atoms. The van der Waals surface area contributed by atoms with E-state index in [-0.39, 0.29) is 32.2 Å². The lowest BCUT2D eigenvalue weighted by Crippen LogP contribution is -2.37. The van der Waals surface area contributed by atoms with Crippen LogP contribution in [0.15, 0.2) is 12.2 Å². The molecule has 0 spiro atoms. The number of hydrogen-bond donors (Lipinski definition) is 2. The van der Waals surface area contributed by atoms with Crippen molar-refractivity contribution in [3.8, 4) is 0 Å². The number of likely N-dealkylation sites (N-methyl/N-ethyl adjacent to an activating group) is 1. The first-order chi connectivity index (χ1) is 26.4. The van der Waals surface area contributed by atoms with E-state index < -0.39 is 26.1 Å². The van der Waals surface area contributed by atoms with Gasteiger partial charge in [0, 0.05) is 13.0 Å². The summed E-state index contributed by atoms with van der Waals surface area (Å²) < 4.78 is 34.5. The van der Waals surface area contributed by atoms with Crippen LogP contribution in [0.2, 0.25) is 0 Å². The maximum atomic E-state index is 12.7. The Morgan fingerprint density at radius 3 is 1.60 bits per heavy atom. The molecule has 0 amide bonds. The first-order valence-electron chi connectivity index (χ1n) is 22.6. The molecule has 0 radical (unpaired) electrons. The van der Waals surface area contributed by atoms with Crippen LogP contribution >= 0.6 is 7.82 Å². The van der Waals surface area contributed by atoms with Gasteiger partial charge in [-0.2, -0.15) is 0 Å². The maximum Gasteiger partial charge on any atom is 0.306 e. The molecule has 4 atom stereocenters. The van der Waals surface area contributed by atoms with Gasteiger partial charge in [0.05, 0.1) is 46.6 Å². The van der Waals surface area contributed by atoms with Crippen LogP contribution in [0.3, 0.4) is 0 Å². The summed E-state index contributed by atoms with van der Waals surface area (Å²) in [5.74, 6) is -0.386. The summed E-state index contributed by atoms with van der Waals surface area (Å²) in [6.07, 6.45) is 32.5. The number of unbranched alkanes of at least 4 members (excludes halogenated alkanes) is 21. The van der Waals surface area contributed by atoms with Gasteiger partial charge in [-0.25, -0.2) is 0 Å². The maximum absolute atomic E-state index is 12.7. The van der Waals surface area contributed by atoms with Crippen LogP contribution in [0, 0.1) is 0 Å². The molecule has 328 valence electrons. The lowest BCUT2D eigenvalue weighted by Gasteiger charge is -2.28. The average molecular weight is 806 g/mol. The number of aliphatic hydroxyl groups is 2. The van der Waals surface area contributed by atoms with E-state index in [0.29, 0.717) is 36.9 Å². The van der Waals surface area contributed by atoms with Gasteiger partial charge in [-0.1, -0.05) is 148 Å². The van der Waals surface area contributed by atoms with E-state index >= 15 is 0 Å². The van der Waals surface area contributed by atoms with Gasteiger partial charge in [-0.3, -0.25) is 9.36 Å². The Balaban J connectivity index is 4.30. The third-order valence-corrected chi connectivity index (χ3v) is 11.0. The van der Waals surface area contributed by atoms with Crippen LogP contribution < -0.4 is 4.89 Å². The van der Waals surface area contributed by atoms with Crippen molar-refractivity contribution in [2.45, 2.75) is 212 Å². The van der Waals surface area contributed by atoms with Crippen molar-refractivity contribution in [3.05, 3.63) is 12.2 Å². The molecule has 0 rings (SSSR count). The SMILES string of the molecule is CCCCCCCC/C=C\CCCCCCCCOCC(COP(=O)([O-])OCC[N+](C)(C)C)OC(=O)CCCCCCCCCC(O)C(O)CCCCCC. The molecule has 2 N–H and O–H groups in total. The van der Waals surface area contributed by atoms with Gasteiger partial charge in [0.2, 0.25) is 0 Å². The fourth-order valence-electron chi connectivity index (χ4n) is 6.34. The Hall–Kier alpha value is -0.840. The summed E-state index contributed by atoms with van der Waals surface area (Å²) >= 11 is 0. The van der Waals surface area contributed by atoms with Gasteiger partial charge >= 0.3 is 5.97 Å². The van der Waals surface area contributed by atoms with E-state index in [0.717, 1.165) is 83.5 Å². The number of carbonyl (C=O) groups excluding carboxylic acids is 1. The van der Waals surface area contributed by atoms with Crippen LogP contribution in [0.1, 0.15) is 194 Å². The molecule has 4 unspecified atom stereocenters. The lowest BCUT2D eigenvalue weighted by atomic mass is 10.00. The monoisotopic (exact) mass is 806 g/mol. The minimum Gasteiger partial charge on any atom is -0.756 e. The average Bonchev–Trinajstić information content (AvgIpc) is 3.13. The number of allylic oxidation sites excluding steroid dienone is 2. The standard InChI is InChI=1S/C44H88NO9P/c1-6-8-10-12-13-14-15-16-17-18-19-20-21-25-28-32-37-51-39-41(40-53-55(49,50)52-38-36-45(3,4)5)54-44(48)35-31-27-24-22-23-26-30-34-43(47)42(46)33-29-11-9-7-2/h16-17,41-43,46-47H,6-15,18-40H2,1-5H3/b17-16-. The fraction of sp³-hybridized carbons (Fsp3) is 0.932. The molecular weight excluding hydrogens is 717 g/mol. The largest absolute Gasteiger partial charge is 0.756 e. The number of rotatable bonds is 42. The van der Waals surface area contributed by atoms with Crippen molar-refractivity contribution in [3.63, 3.8) is 0 Å². The number of phosphoric acid groups is 1. The first-order valence-corrected chi connectivity index (χ1v) is 24.0. The number of quaternary nitrogens is 1. The summed E-state index contributed by atoms with van der Waals surface area (Å²) in [6.45, 7) is 5.17. The second-order valence-corrected chi connectivity index (χ2v) is 18.1. The van der Waals surface area contributed by atoms with E-state index in [4.69, 9.17) is 18.5 Å². The van der Waals surface area contributed by atoms with Crippen molar-refractivity contribution in [1.29, 1.82) is 0 Å². The second-order valence-electron chi connectivity index (χ2n) is 16.7. The van der Waals surface area contributed by atoms with Crippen molar-refractivity contribution < 1.29 is 47.5 Å². The molecule has 0 bridgehead atoms. The van der Waals surface area contributed by atoms with Crippen molar-refractivity contribution in [2.24, 2.45) is 0 Å². The van der Waals surface area contributed by atoms with E-state index in [1.165, 1.54) is 70.6 Å². The van der Waals surface area contributed by atoms with E-state index in [1.54, 1.807) is 0 Å². The highest BCUT2D eigenvalue weighted by Crippen LogP contribution is 2.38. The highest BCUT2D eigenvalue weighted by molar-refractivity contribution is 7.45. The molecule has 0 aliphatic rings. The number of nitrogens with zero attached hydrogens (tertiary/aromatic N) is 1. The van der Waals surface area contributed by atoms with Crippen LogP contribution in [0.5, 0.6) is 0 Å². The minimum atomic E-state index is -4.55. The third kappa shape index (κ3) is 39.8. The molecule has 0 saturated carbocycles. The van der Waals surface area contributed by atoms with Crippen molar-refractivity contribution in [2.75, 3.05) is 54.1 Å². The summed E-state index contributed by atoms with van der Waals surface area (Å²) in [4.78, 5) is 25.1. The molecular formula is C44H88NO9P. The topological polar surface area (TPSA) is 135 Å². The molecule has 0 heterocycles. The third-order valence-electron chi connectivity index (χ3n) is 10.0. The van der Waals surface area contributed by atoms with E-state index in [9.17, 15) is 24.5 Å². The van der Waals surface area contributed by atoms with Gasteiger partial charge in [0.1, 0.15) is 19.3 Å². The second kappa shape index (κ2) is 37.4. The van der Waals surface area contributed by atoms with Crippen molar-refractivity contribution >= 4 is 13.8 Å². The molecule has 0 aromatic carbocycles. The smallest absolute Gasteiger partial charge is 0.306 e. The summed E-state index contributed by atoms with van der Waals surface area (Å²) in [6, 6.07) is 0. The highest BCUT2D eigenvalue weighted by Gasteiger charge is 2.20. The highest BCUT2D eigenvalue weighted by atomic mass is 31.2. The molecule has 0 aromatic rings. The summed E-state index contributed by atoms with van der Waals surface area (Å²) in [7, 11) is 1.29. The van der Waals surface area contributed by atoms with Crippen LogP contribution in [0.25, 0.3) is 0 Å². The quantitative estimate of drug-likeness (QED) is 0.0203. The minimum absolute atomic E-state index is 0.00542. The van der Waals surface area contributed by atoms with Gasteiger partial charge in [-0.15, -0.1) is 0 Å². The predicted molar refractivity (Wildman–Crippen MR) is 225 cm³/mol. The number of carbonyl (C=O) groups is 1. The Morgan fingerprint density at radius 1 is 0.618 bits per heavy atom. The van der Waals surface area contributed by atoms with Crippen LogP contribution in [-0.4, -0.2) is 93.1 Å². The van der Waals surface area contributed by atoms with Crippen LogP contribution in [-0.2, 0) is 27.9 Å². The lowest BCUT2D eigenvalue weighted by molar-refractivity contribution is -0.870. The van der Waals surface area contributed by atoms with E-state index in [2.05, 4.69) is 26.0 Å². The van der Waals surface area contributed by atoms with Gasteiger partial charge in [0.25, 0.3) is 7.82 Å². The molecule has 11 heteroatoms. The van der Waals surface area contributed by atoms with Gasteiger partial charge in [-0.05, 0) is 51.4 Å². The Kier molecular flexibility index (Phi) is 36.9. The molecule has 0 aliphatic carbocycles. The zero-order valence-corrected chi connectivity index (χ0v) is 37.3. The number of aliphatic hydroxyl groups excluding tert-OH is 2. The molecule has 0 aromatic heterocycles. The van der Waals surface area contributed by atoms with Gasteiger partial charge in [0.15, 0.2) is 0 Å². The fourth-order valence-corrected chi connectivity index (χ4v) is 7.07. The zero-order chi connectivity index (χ0) is 40.9. The molecule has 10 nitrogen and oxygen atoms in total. The first kappa shape index (κ1) is 54.2. The number of phosphoric ester groups is 1. The Bertz CT molecular complexity index is 929. The Morgan fingerprint density at radius 2 is 1.07 bits per heavy atom. The van der Waals surface area contributed by atoms with E-state index in [1.807, 2.05) is 21.1 Å². The summed E-state index contributed by atoms with van der Waals surface area (Å²) in [5.41, 5.74) is 0. The zero-order valence-electron chi connectivity index (χ0n) is 36.4. The Labute approximate surface area is 338 Å². The summed E-state index contributed by atoms with van der Waals surface area (Å²) in [5, 5.41) is 20.4. The normalized spacial score (nSPS) is 15.0. The molecule has 0 fully saturated rings. The van der Waals surface area contributed by atoms with Crippen molar-refractivity contribution in [1.82, 2.24) is 0 Å². The van der Waals surface area contributed by atoms with Crippen LogP contribution in [0.4, 0.5) is 0 Å². The number of hydrogen-bond acceptors (Lipinski definition) is 9.